The summed E-state index contributed by atoms with van der Waals surface area (Å²) in [5.74, 6) is 0.748. The Balaban J connectivity index is 1.40. The second-order valence-electron chi connectivity index (χ2n) is 7.10. The largest absolute Gasteiger partial charge is 0.489 e. The Morgan fingerprint density at radius 1 is 0.933 bits per heavy atom. The maximum absolute atomic E-state index is 12.8. The number of benzene rings is 3. The Morgan fingerprint density at radius 2 is 1.63 bits per heavy atom. The van der Waals surface area contributed by atoms with Crippen LogP contribution in [0.4, 0.5) is 0 Å². The van der Waals surface area contributed by atoms with Gasteiger partial charge < -0.3 is 4.74 Å². The Labute approximate surface area is 186 Å². The van der Waals surface area contributed by atoms with Crippen LogP contribution in [0.15, 0.2) is 83.8 Å². The van der Waals surface area contributed by atoms with Crippen LogP contribution in [0.25, 0.3) is 6.08 Å². The zero-order valence-electron chi connectivity index (χ0n) is 16.6. The highest BCUT2D eigenvalue weighted by atomic mass is 32.2. The van der Waals surface area contributed by atoms with Crippen LogP contribution < -0.4 is 4.74 Å². The molecule has 0 unspecified atom stereocenters. The van der Waals surface area contributed by atoms with Crippen LogP contribution in [0.3, 0.4) is 0 Å². The van der Waals surface area contributed by atoms with Crippen LogP contribution in [0.5, 0.6) is 5.75 Å². The normalized spacial score (nSPS) is 15.1. The minimum absolute atomic E-state index is 0.0476. The summed E-state index contributed by atoms with van der Waals surface area (Å²) in [5, 5.41) is 0. The lowest BCUT2D eigenvalue weighted by molar-refractivity contribution is -0.122. The Kier molecular flexibility index (Phi) is 6.31. The average molecular weight is 432 g/mol. The van der Waals surface area contributed by atoms with Crippen molar-refractivity contribution in [2.45, 2.75) is 20.1 Å². The molecule has 30 heavy (non-hydrogen) atoms. The number of amides is 1. The third-order valence-electron chi connectivity index (χ3n) is 4.76. The molecule has 4 rings (SSSR count). The van der Waals surface area contributed by atoms with Crippen LogP contribution >= 0.6 is 24.0 Å². The summed E-state index contributed by atoms with van der Waals surface area (Å²) in [6.07, 6.45) is 1.88. The standard InChI is InChI=1S/C25H21NO2S2/c1-18-7-9-21(10-8-18)17-28-22-13-11-19(12-14-22)15-23-24(27)26(25(29)30-23)16-20-5-3-2-4-6-20/h2-15H,16-17H2,1H3/b23-15+. The van der Waals surface area contributed by atoms with Crippen molar-refractivity contribution in [3.05, 3.63) is 106 Å². The number of carbonyl (C=O) groups excluding carboxylic acids is 1. The molecule has 1 saturated heterocycles. The van der Waals surface area contributed by atoms with Crippen LogP contribution in [0.1, 0.15) is 22.3 Å². The van der Waals surface area contributed by atoms with Gasteiger partial charge in [-0.2, -0.15) is 0 Å². The van der Waals surface area contributed by atoms with E-state index in [0.717, 1.165) is 22.4 Å². The first-order valence-electron chi connectivity index (χ1n) is 9.66. The predicted octanol–water partition coefficient (Wildman–Crippen LogP) is 5.98. The molecule has 0 N–H and O–H groups in total. The molecule has 1 aliphatic rings. The van der Waals surface area contributed by atoms with Gasteiger partial charge in [-0.3, -0.25) is 9.69 Å². The first kappa shape index (κ1) is 20.4. The predicted molar refractivity (Wildman–Crippen MR) is 127 cm³/mol. The molecule has 0 radical (unpaired) electrons. The monoisotopic (exact) mass is 431 g/mol. The summed E-state index contributed by atoms with van der Waals surface area (Å²) in [4.78, 5) is 15.1. The van der Waals surface area contributed by atoms with E-state index in [0.29, 0.717) is 22.4 Å². The van der Waals surface area contributed by atoms with Gasteiger partial charge in [0.25, 0.3) is 5.91 Å². The molecular weight excluding hydrogens is 410 g/mol. The van der Waals surface area contributed by atoms with Crippen molar-refractivity contribution in [3.63, 3.8) is 0 Å². The molecule has 1 aliphatic heterocycles. The number of hydrogen-bond donors (Lipinski definition) is 0. The van der Waals surface area contributed by atoms with E-state index in [-0.39, 0.29) is 5.91 Å². The van der Waals surface area contributed by atoms with Gasteiger partial charge in [-0.25, -0.2) is 0 Å². The lowest BCUT2D eigenvalue weighted by atomic mass is 10.1. The zero-order valence-corrected chi connectivity index (χ0v) is 18.2. The molecule has 0 atom stereocenters. The van der Waals surface area contributed by atoms with Crippen molar-refractivity contribution in [2.75, 3.05) is 0 Å². The highest BCUT2D eigenvalue weighted by Gasteiger charge is 2.31. The number of carbonyl (C=O) groups is 1. The maximum atomic E-state index is 12.8. The Bertz CT molecular complexity index is 1070. The number of thioether (sulfide) groups is 1. The minimum Gasteiger partial charge on any atom is -0.489 e. The topological polar surface area (TPSA) is 29.5 Å². The minimum atomic E-state index is -0.0476. The van der Waals surface area contributed by atoms with E-state index in [1.807, 2.05) is 60.7 Å². The van der Waals surface area contributed by atoms with Gasteiger partial charge in [-0.05, 0) is 41.8 Å². The highest BCUT2D eigenvalue weighted by Crippen LogP contribution is 2.33. The molecule has 0 aromatic heterocycles. The van der Waals surface area contributed by atoms with E-state index < -0.39 is 0 Å². The molecule has 1 heterocycles. The molecule has 0 bridgehead atoms. The molecule has 150 valence electrons. The Hall–Kier alpha value is -2.89. The number of ether oxygens (including phenoxy) is 1. The van der Waals surface area contributed by atoms with E-state index in [2.05, 4.69) is 31.2 Å². The van der Waals surface area contributed by atoms with Crippen molar-refractivity contribution in [1.29, 1.82) is 0 Å². The van der Waals surface area contributed by atoms with Gasteiger partial charge in [0.05, 0.1) is 11.4 Å². The van der Waals surface area contributed by atoms with Crippen molar-refractivity contribution < 1.29 is 9.53 Å². The summed E-state index contributed by atoms with van der Waals surface area (Å²) in [7, 11) is 0. The summed E-state index contributed by atoms with van der Waals surface area (Å²) in [5.41, 5.74) is 4.37. The second-order valence-corrected chi connectivity index (χ2v) is 8.77. The van der Waals surface area contributed by atoms with Gasteiger partial charge in [-0.1, -0.05) is 96.3 Å². The maximum Gasteiger partial charge on any atom is 0.266 e. The van der Waals surface area contributed by atoms with Gasteiger partial charge in [0.2, 0.25) is 0 Å². The van der Waals surface area contributed by atoms with E-state index in [1.54, 1.807) is 4.90 Å². The van der Waals surface area contributed by atoms with Crippen LogP contribution in [-0.2, 0) is 17.9 Å². The van der Waals surface area contributed by atoms with Crippen molar-refractivity contribution in [3.8, 4) is 5.75 Å². The first-order chi connectivity index (χ1) is 14.6. The summed E-state index contributed by atoms with van der Waals surface area (Å²) < 4.78 is 6.45. The lowest BCUT2D eigenvalue weighted by Gasteiger charge is -2.14. The van der Waals surface area contributed by atoms with Crippen molar-refractivity contribution in [2.24, 2.45) is 0 Å². The van der Waals surface area contributed by atoms with Crippen LogP contribution in [0, 0.1) is 6.92 Å². The van der Waals surface area contributed by atoms with Crippen LogP contribution in [-0.4, -0.2) is 15.1 Å². The number of nitrogens with zero attached hydrogens (tertiary/aromatic N) is 1. The van der Waals surface area contributed by atoms with Gasteiger partial charge >= 0.3 is 0 Å². The third kappa shape index (κ3) is 4.99. The molecule has 0 aliphatic carbocycles. The third-order valence-corrected chi connectivity index (χ3v) is 6.14. The summed E-state index contributed by atoms with van der Waals surface area (Å²) >= 11 is 6.77. The van der Waals surface area contributed by atoms with E-state index in [4.69, 9.17) is 17.0 Å². The first-order valence-corrected chi connectivity index (χ1v) is 10.9. The smallest absolute Gasteiger partial charge is 0.266 e. The quantitative estimate of drug-likeness (QED) is 0.355. The number of thiocarbonyl (C=S) groups is 1. The second kappa shape index (κ2) is 9.28. The average Bonchev–Trinajstić information content (AvgIpc) is 3.02. The zero-order chi connectivity index (χ0) is 20.9. The number of aryl methyl sites for hydroxylation is 1. The fraction of sp³-hybridized carbons (Fsp3) is 0.120. The summed E-state index contributed by atoms with van der Waals surface area (Å²) in [6, 6.07) is 25.9. The summed E-state index contributed by atoms with van der Waals surface area (Å²) in [6.45, 7) is 3.09. The molecule has 0 spiro atoms. The van der Waals surface area contributed by atoms with Gasteiger partial charge in [0.15, 0.2) is 0 Å². The molecule has 3 aromatic carbocycles. The Morgan fingerprint density at radius 3 is 2.33 bits per heavy atom. The van der Waals surface area contributed by atoms with E-state index >= 15 is 0 Å². The lowest BCUT2D eigenvalue weighted by Crippen LogP contribution is -2.27. The van der Waals surface area contributed by atoms with Crippen molar-refractivity contribution in [1.82, 2.24) is 4.90 Å². The van der Waals surface area contributed by atoms with Crippen LogP contribution in [0.2, 0.25) is 0 Å². The number of rotatable bonds is 6. The molecule has 0 saturated carbocycles. The number of hydrogen-bond acceptors (Lipinski definition) is 4. The van der Waals surface area contributed by atoms with Gasteiger partial charge in [0.1, 0.15) is 16.7 Å². The SMILES string of the molecule is Cc1ccc(COc2ccc(/C=C3/SC(=S)N(Cc4ccccc4)C3=O)cc2)cc1. The molecule has 5 heteroatoms. The van der Waals surface area contributed by atoms with E-state index in [1.165, 1.54) is 17.3 Å². The van der Waals surface area contributed by atoms with E-state index in [9.17, 15) is 4.79 Å². The molecular formula is C25H21NO2S2. The molecule has 3 aromatic rings. The highest BCUT2D eigenvalue weighted by molar-refractivity contribution is 8.26. The fourth-order valence-electron chi connectivity index (χ4n) is 3.06. The van der Waals surface area contributed by atoms with Crippen molar-refractivity contribution >= 4 is 40.3 Å². The molecule has 3 nitrogen and oxygen atoms in total. The van der Waals surface area contributed by atoms with Gasteiger partial charge in [0, 0.05) is 0 Å². The molecule has 1 fully saturated rings. The fourth-order valence-corrected chi connectivity index (χ4v) is 4.32. The van der Waals surface area contributed by atoms with Gasteiger partial charge in [-0.15, -0.1) is 0 Å². The molecule has 1 amide bonds.